The maximum Gasteiger partial charge on any atom is -0.000824 e. The molecule has 1 aromatic rings. The van der Waals surface area contributed by atoms with Crippen LogP contribution in [0.15, 0.2) is 24.3 Å². The Balaban J connectivity index is 2.20. The third-order valence-electron chi connectivity index (χ3n) is 3.99. The minimum Gasteiger partial charge on any atom is -0.330 e. The molecule has 0 saturated carbocycles. The summed E-state index contributed by atoms with van der Waals surface area (Å²) in [6.07, 6.45) is 10.9. The van der Waals surface area contributed by atoms with Crippen LogP contribution in [0.25, 0.3) is 0 Å². The molecule has 0 amide bonds. The molecule has 0 heterocycles. The third kappa shape index (κ3) is 6.77. The molecule has 0 fully saturated rings. The van der Waals surface area contributed by atoms with Crippen LogP contribution in [-0.4, -0.2) is 6.54 Å². The molecule has 1 aromatic carbocycles. The quantitative estimate of drug-likeness (QED) is 0.577. The molecule has 19 heavy (non-hydrogen) atoms. The second kappa shape index (κ2) is 10.0. The van der Waals surface area contributed by atoms with Crippen LogP contribution in [0.2, 0.25) is 0 Å². The van der Waals surface area contributed by atoms with Crippen molar-refractivity contribution >= 4 is 0 Å². The van der Waals surface area contributed by atoms with Gasteiger partial charge < -0.3 is 5.73 Å². The van der Waals surface area contributed by atoms with E-state index in [4.69, 9.17) is 5.73 Å². The lowest BCUT2D eigenvalue weighted by atomic mass is 9.92. The van der Waals surface area contributed by atoms with E-state index in [-0.39, 0.29) is 0 Å². The van der Waals surface area contributed by atoms with Gasteiger partial charge in [0.25, 0.3) is 0 Å². The number of hydrogen-bond acceptors (Lipinski definition) is 1. The van der Waals surface area contributed by atoms with E-state index in [1.807, 2.05) is 0 Å². The van der Waals surface area contributed by atoms with Crippen molar-refractivity contribution in [2.45, 2.75) is 71.1 Å². The number of rotatable bonds is 10. The summed E-state index contributed by atoms with van der Waals surface area (Å²) in [7, 11) is 0. The van der Waals surface area contributed by atoms with Gasteiger partial charge in [-0.2, -0.15) is 0 Å². The van der Waals surface area contributed by atoms with Gasteiger partial charge in [-0.15, -0.1) is 0 Å². The Hall–Kier alpha value is -0.820. The van der Waals surface area contributed by atoms with E-state index in [0.29, 0.717) is 5.92 Å². The first kappa shape index (κ1) is 16.2. The monoisotopic (exact) mass is 261 g/mol. The highest BCUT2D eigenvalue weighted by Crippen LogP contribution is 2.22. The van der Waals surface area contributed by atoms with Crippen LogP contribution in [-0.2, 0) is 0 Å². The maximum atomic E-state index is 5.92. The van der Waals surface area contributed by atoms with Gasteiger partial charge in [0, 0.05) is 0 Å². The zero-order valence-corrected chi connectivity index (χ0v) is 12.8. The topological polar surface area (TPSA) is 26.0 Å². The molecule has 0 aliphatic rings. The van der Waals surface area contributed by atoms with Crippen LogP contribution >= 0.6 is 0 Å². The molecule has 0 aliphatic heterocycles. The van der Waals surface area contributed by atoms with Gasteiger partial charge in [-0.05, 0) is 31.4 Å². The van der Waals surface area contributed by atoms with Crippen LogP contribution < -0.4 is 5.73 Å². The summed E-state index contributed by atoms with van der Waals surface area (Å²) in [5.41, 5.74) is 8.67. The smallest absolute Gasteiger partial charge is 0.000824 e. The molecular weight excluding hydrogens is 230 g/mol. The molecule has 108 valence electrons. The molecule has 0 saturated heterocycles. The number of unbranched alkanes of at least 4 members (excludes halogenated alkanes) is 6. The van der Waals surface area contributed by atoms with Crippen molar-refractivity contribution < 1.29 is 0 Å². The number of hydrogen-bond donors (Lipinski definition) is 1. The van der Waals surface area contributed by atoms with Crippen LogP contribution in [0.4, 0.5) is 0 Å². The van der Waals surface area contributed by atoms with Gasteiger partial charge in [-0.3, -0.25) is 0 Å². The average molecular weight is 261 g/mol. The Labute approximate surface area is 119 Å². The lowest BCUT2D eigenvalue weighted by Crippen LogP contribution is -2.12. The molecular formula is C18H31N. The van der Waals surface area contributed by atoms with Gasteiger partial charge >= 0.3 is 0 Å². The normalized spacial score (nSPS) is 12.6. The highest BCUT2D eigenvalue weighted by Gasteiger charge is 2.08. The third-order valence-corrected chi connectivity index (χ3v) is 3.99. The Kier molecular flexibility index (Phi) is 8.57. The Morgan fingerprint density at radius 2 is 1.47 bits per heavy atom. The Bertz CT molecular complexity index is 315. The first-order chi connectivity index (χ1) is 9.27. The lowest BCUT2D eigenvalue weighted by Gasteiger charge is -2.15. The SMILES string of the molecule is CCCCCCCCCC(CN)c1ccc(C)cc1. The molecule has 1 atom stereocenters. The van der Waals surface area contributed by atoms with E-state index in [0.717, 1.165) is 6.54 Å². The molecule has 1 unspecified atom stereocenters. The van der Waals surface area contributed by atoms with Gasteiger partial charge in [-0.1, -0.05) is 81.7 Å². The van der Waals surface area contributed by atoms with Crippen molar-refractivity contribution in [3.8, 4) is 0 Å². The van der Waals surface area contributed by atoms with Gasteiger partial charge in [0.15, 0.2) is 0 Å². The fourth-order valence-corrected chi connectivity index (χ4v) is 2.61. The van der Waals surface area contributed by atoms with Gasteiger partial charge in [-0.25, -0.2) is 0 Å². The second-order valence-electron chi connectivity index (χ2n) is 5.75. The summed E-state index contributed by atoms with van der Waals surface area (Å²) in [4.78, 5) is 0. The van der Waals surface area contributed by atoms with Crippen molar-refractivity contribution in [1.82, 2.24) is 0 Å². The number of aryl methyl sites for hydroxylation is 1. The van der Waals surface area contributed by atoms with Gasteiger partial charge in [0.1, 0.15) is 0 Å². The van der Waals surface area contributed by atoms with Crippen LogP contribution in [0, 0.1) is 6.92 Å². The van der Waals surface area contributed by atoms with E-state index < -0.39 is 0 Å². The average Bonchev–Trinajstić information content (AvgIpc) is 2.43. The minimum atomic E-state index is 0.552. The molecule has 1 heteroatoms. The van der Waals surface area contributed by atoms with Crippen LogP contribution in [0.3, 0.4) is 0 Å². The molecule has 1 rings (SSSR count). The summed E-state index contributed by atoms with van der Waals surface area (Å²) in [6, 6.07) is 8.88. The summed E-state index contributed by atoms with van der Waals surface area (Å²) in [6.45, 7) is 5.18. The van der Waals surface area contributed by atoms with Crippen molar-refractivity contribution in [1.29, 1.82) is 0 Å². The molecule has 0 aromatic heterocycles. The van der Waals surface area contributed by atoms with Crippen LogP contribution in [0.1, 0.15) is 75.3 Å². The van der Waals surface area contributed by atoms with E-state index in [1.54, 1.807) is 0 Å². The van der Waals surface area contributed by atoms with Gasteiger partial charge in [0.2, 0.25) is 0 Å². The van der Waals surface area contributed by atoms with Crippen LogP contribution in [0.5, 0.6) is 0 Å². The largest absolute Gasteiger partial charge is 0.330 e. The minimum absolute atomic E-state index is 0.552. The van der Waals surface area contributed by atoms with Crippen molar-refractivity contribution in [3.63, 3.8) is 0 Å². The zero-order valence-electron chi connectivity index (χ0n) is 12.8. The first-order valence-corrected chi connectivity index (χ1v) is 8.04. The van der Waals surface area contributed by atoms with E-state index in [9.17, 15) is 0 Å². The first-order valence-electron chi connectivity index (χ1n) is 8.04. The molecule has 2 N–H and O–H groups in total. The number of benzene rings is 1. The standard InChI is InChI=1S/C18H31N/c1-3-4-5-6-7-8-9-10-18(15-19)17-13-11-16(2)12-14-17/h11-14,18H,3-10,15,19H2,1-2H3. The fourth-order valence-electron chi connectivity index (χ4n) is 2.61. The Morgan fingerprint density at radius 3 is 2.05 bits per heavy atom. The van der Waals surface area contributed by atoms with Crippen molar-refractivity contribution in [3.05, 3.63) is 35.4 Å². The fraction of sp³-hybridized carbons (Fsp3) is 0.667. The van der Waals surface area contributed by atoms with E-state index in [1.165, 1.54) is 62.5 Å². The zero-order chi connectivity index (χ0) is 13.9. The highest BCUT2D eigenvalue weighted by molar-refractivity contribution is 5.24. The summed E-state index contributed by atoms with van der Waals surface area (Å²) >= 11 is 0. The second-order valence-corrected chi connectivity index (χ2v) is 5.75. The molecule has 0 spiro atoms. The predicted octanol–water partition coefficient (Wildman–Crippen LogP) is 5.18. The Morgan fingerprint density at radius 1 is 0.895 bits per heavy atom. The van der Waals surface area contributed by atoms with Gasteiger partial charge in [0.05, 0.1) is 0 Å². The molecule has 0 aliphatic carbocycles. The summed E-state index contributed by atoms with van der Waals surface area (Å²) < 4.78 is 0. The highest BCUT2D eigenvalue weighted by atomic mass is 14.5. The summed E-state index contributed by atoms with van der Waals surface area (Å²) in [5, 5.41) is 0. The molecule has 0 bridgehead atoms. The van der Waals surface area contributed by atoms with E-state index >= 15 is 0 Å². The number of nitrogens with two attached hydrogens (primary N) is 1. The van der Waals surface area contributed by atoms with Crippen molar-refractivity contribution in [2.24, 2.45) is 5.73 Å². The molecule has 1 nitrogen and oxygen atoms in total. The molecule has 0 radical (unpaired) electrons. The van der Waals surface area contributed by atoms with Crippen molar-refractivity contribution in [2.75, 3.05) is 6.54 Å². The maximum absolute atomic E-state index is 5.92. The lowest BCUT2D eigenvalue weighted by molar-refractivity contribution is 0.537. The van der Waals surface area contributed by atoms with E-state index in [2.05, 4.69) is 38.1 Å². The summed E-state index contributed by atoms with van der Waals surface area (Å²) in [5.74, 6) is 0.552. The predicted molar refractivity (Wildman–Crippen MR) is 85.6 cm³/mol.